The number of hydrogen-bond acceptors (Lipinski definition) is 5. The summed E-state index contributed by atoms with van der Waals surface area (Å²) >= 11 is 1.65. The summed E-state index contributed by atoms with van der Waals surface area (Å²) in [5.74, 6) is 0.662. The van der Waals surface area contributed by atoms with Crippen LogP contribution in [0.2, 0.25) is 0 Å². The van der Waals surface area contributed by atoms with E-state index in [-0.39, 0.29) is 24.0 Å². The van der Waals surface area contributed by atoms with Crippen LogP contribution in [0.25, 0.3) is 10.2 Å². The normalized spacial score (nSPS) is 16.4. The minimum absolute atomic E-state index is 0.0239. The molecule has 0 aliphatic heterocycles. The van der Waals surface area contributed by atoms with E-state index in [2.05, 4.69) is 10.3 Å². The lowest BCUT2D eigenvalue weighted by Crippen LogP contribution is -2.24. The number of ether oxygens (including phenoxy) is 1. The standard InChI is InChI=1S/C24H27N3O3S/c28-21(26-16-6-5-9-18(14-16)30-17-7-1-2-8-17)12-13-27-15-25-23-22(24(27)29)19-10-3-4-11-20(19)31-23/h5-6,9,14-15,17H,1-4,7-8,10-13H2,(H,26,28). The van der Waals surface area contributed by atoms with Gasteiger partial charge in [-0.25, -0.2) is 4.98 Å². The smallest absolute Gasteiger partial charge is 0.262 e. The van der Waals surface area contributed by atoms with Crippen LogP contribution < -0.4 is 15.6 Å². The molecule has 7 heteroatoms. The van der Waals surface area contributed by atoms with Crippen molar-refractivity contribution in [2.24, 2.45) is 0 Å². The molecule has 6 nitrogen and oxygen atoms in total. The molecule has 1 fully saturated rings. The van der Waals surface area contributed by atoms with Crippen molar-refractivity contribution < 1.29 is 9.53 Å². The first kappa shape index (κ1) is 20.2. The van der Waals surface area contributed by atoms with E-state index in [4.69, 9.17) is 4.74 Å². The highest BCUT2D eigenvalue weighted by Crippen LogP contribution is 2.33. The van der Waals surface area contributed by atoms with Crippen molar-refractivity contribution in [1.82, 2.24) is 9.55 Å². The van der Waals surface area contributed by atoms with E-state index in [1.54, 1.807) is 22.2 Å². The average Bonchev–Trinajstić information content (AvgIpc) is 3.41. The van der Waals surface area contributed by atoms with Crippen LogP contribution in [0.15, 0.2) is 35.4 Å². The van der Waals surface area contributed by atoms with Gasteiger partial charge in [-0.05, 0) is 69.1 Å². The lowest BCUT2D eigenvalue weighted by molar-refractivity contribution is -0.116. The topological polar surface area (TPSA) is 73.2 Å². The Hall–Kier alpha value is -2.67. The maximum Gasteiger partial charge on any atom is 0.262 e. The summed E-state index contributed by atoms with van der Waals surface area (Å²) in [5.41, 5.74) is 1.87. The molecule has 1 N–H and O–H groups in total. The maximum absolute atomic E-state index is 13.0. The number of rotatable bonds is 6. The van der Waals surface area contributed by atoms with Crippen molar-refractivity contribution in [3.63, 3.8) is 0 Å². The first-order chi connectivity index (χ1) is 15.2. The molecule has 1 amide bonds. The Morgan fingerprint density at radius 2 is 2.03 bits per heavy atom. The molecule has 1 aromatic carbocycles. The van der Waals surface area contributed by atoms with E-state index in [9.17, 15) is 9.59 Å². The summed E-state index contributed by atoms with van der Waals surface area (Å²) in [6.45, 7) is 0.316. The van der Waals surface area contributed by atoms with Gasteiger partial charge in [0.05, 0.1) is 17.8 Å². The first-order valence-electron chi connectivity index (χ1n) is 11.2. The highest BCUT2D eigenvalue weighted by Gasteiger charge is 2.20. The number of carbonyl (C=O) groups excluding carboxylic acids is 1. The fourth-order valence-corrected chi connectivity index (χ4v) is 5.85. The van der Waals surface area contributed by atoms with Crippen molar-refractivity contribution >= 4 is 33.1 Å². The second-order valence-electron chi connectivity index (χ2n) is 8.48. The fourth-order valence-electron chi connectivity index (χ4n) is 4.63. The van der Waals surface area contributed by atoms with E-state index in [0.29, 0.717) is 12.2 Å². The van der Waals surface area contributed by atoms with E-state index in [1.165, 1.54) is 29.7 Å². The number of nitrogens with one attached hydrogen (secondary N) is 1. The Kier molecular flexibility index (Phi) is 5.76. The lowest BCUT2D eigenvalue weighted by Gasteiger charge is -2.14. The van der Waals surface area contributed by atoms with Gasteiger partial charge in [-0.3, -0.25) is 14.2 Å². The summed E-state index contributed by atoms with van der Waals surface area (Å²) in [7, 11) is 0. The van der Waals surface area contributed by atoms with Gasteiger partial charge in [-0.1, -0.05) is 6.07 Å². The quantitative estimate of drug-likeness (QED) is 0.607. The van der Waals surface area contributed by atoms with Crippen LogP contribution in [-0.2, 0) is 24.2 Å². The monoisotopic (exact) mass is 437 g/mol. The van der Waals surface area contributed by atoms with Crippen molar-refractivity contribution in [1.29, 1.82) is 0 Å². The lowest BCUT2D eigenvalue weighted by atomic mass is 9.97. The molecule has 0 radical (unpaired) electrons. The molecule has 2 aromatic heterocycles. The molecule has 2 heterocycles. The molecule has 0 bridgehead atoms. The molecule has 2 aliphatic rings. The number of thiophene rings is 1. The van der Waals surface area contributed by atoms with E-state index in [0.717, 1.165) is 48.1 Å². The molecule has 0 atom stereocenters. The van der Waals surface area contributed by atoms with Crippen LogP contribution in [0.1, 0.15) is 55.4 Å². The zero-order valence-electron chi connectivity index (χ0n) is 17.6. The SMILES string of the molecule is O=C(CCn1cnc2sc3c(c2c1=O)CCCC3)Nc1cccc(OC2CCCC2)c1. The summed E-state index contributed by atoms with van der Waals surface area (Å²) < 4.78 is 7.59. The van der Waals surface area contributed by atoms with Gasteiger partial charge in [0.15, 0.2) is 0 Å². The first-order valence-corrected chi connectivity index (χ1v) is 12.1. The number of hydrogen-bond donors (Lipinski definition) is 1. The molecule has 0 unspecified atom stereocenters. The van der Waals surface area contributed by atoms with Crippen molar-refractivity contribution in [2.45, 2.75) is 70.4 Å². The third-order valence-corrected chi connectivity index (χ3v) is 7.44. The Bertz CT molecular complexity index is 1160. The van der Waals surface area contributed by atoms with Gasteiger partial charge < -0.3 is 10.1 Å². The van der Waals surface area contributed by atoms with Gasteiger partial charge in [0.1, 0.15) is 10.6 Å². The van der Waals surface area contributed by atoms with Crippen LogP contribution in [0.3, 0.4) is 0 Å². The Morgan fingerprint density at radius 1 is 1.19 bits per heavy atom. The van der Waals surface area contributed by atoms with E-state index < -0.39 is 0 Å². The average molecular weight is 438 g/mol. The fraction of sp³-hybridized carbons (Fsp3) is 0.458. The molecular formula is C24H27N3O3S. The summed E-state index contributed by atoms with van der Waals surface area (Å²) in [6, 6.07) is 7.54. The van der Waals surface area contributed by atoms with Gasteiger partial charge in [-0.2, -0.15) is 0 Å². The molecule has 162 valence electrons. The molecule has 31 heavy (non-hydrogen) atoms. The Labute approximate surface area is 185 Å². The highest BCUT2D eigenvalue weighted by atomic mass is 32.1. The number of aryl methyl sites for hydroxylation is 3. The molecule has 1 saturated carbocycles. The maximum atomic E-state index is 13.0. The van der Waals surface area contributed by atoms with Gasteiger partial charge in [0.2, 0.25) is 5.91 Å². The third kappa shape index (κ3) is 4.37. The van der Waals surface area contributed by atoms with Crippen molar-refractivity contribution in [3.8, 4) is 5.75 Å². The molecule has 3 aromatic rings. The largest absolute Gasteiger partial charge is 0.490 e. The van der Waals surface area contributed by atoms with Crippen LogP contribution in [0, 0.1) is 0 Å². The Morgan fingerprint density at radius 3 is 2.90 bits per heavy atom. The van der Waals surface area contributed by atoms with Crippen LogP contribution in [0.4, 0.5) is 5.69 Å². The molecular weight excluding hydrogens is 410 g/mol. The number of carbonyl (C=O) groups is 1. The summed E-state index contributed by atoms with van der Waals surface area (Å²) in [6.07, 6.45) is 11.0. The molecule has 0 spiro atoms. The molecule has 5 rings (SSSR count). The molecule has 2 aliphatic carbocycles. The van der Waals surface area contributed by atoms with Crippen LogP contribution in [0.5, 0.6) is 5.75 Å². The minimum atomic E-state index is -0.127. The van der Waals surface area contributed by atoms with Gasteiger partial charge in [0.25, 0.3) is 5.56 Å². The number of aromatic nitrogens is 2. The van der Waals surface area contributed by atoms with Gasteiger partial charge >= 0.3 is 0 Å². The van der Waals surface area contributed by atoms with Crippen molar-refractivity contribution in [3.05, 3.63) is 51.4 Å². The zero-order chi connectivity index (χ0) is 21.2. The number of nitrogens with zero attached hydrogens (tertiary/aromatic N) is 2. The summed E-state index contributed by atoms with van der Waals surface area (Å²) in [5, 5.41) is 3.69. The van der Waals surface area contributed by atoms with Crippen LogP contribution in [-0.4, -0.2) is 21.6 Å². The predicted octanol–water partition coefficient (Wildman–Crippen LogP) is 4.69. The highest BCUT2D eigenvalue weighted by molar-refractivity contribution is 7.18. The minimum Gasteiger partial charge on any atom is -0.490 e. The number of amides is 1. The van der Waals surface area contributed by atoms with E-state index >= 15 is 0 Å². The number of benzene rings is 1. The van der Waals surface area contributed by atoms with Crippen molar-refractivity contribution in [2.75, 3.05) is 5.32 Å². The second-order valence-corrected chi connectivity index (χ2v) is 9.57. The van der Waals surface area contributed by atoms with Crippen LogP contribution >= 0.6 is 11.3 Å². The second kappa shape index (κ2) is 8.83. The summed E-state index contributed by atoms with van der Waals surface area (Å²) in [4.78, 5) is 32.2. The zero-order valence-corrected chi connectivity index (χ0v) is 18.4. The predicted molar refractivity (Wildman–Crippen MR) is 123 cm³/mol. The van der Waals surface area contributed by atoms with Gasteiger partial charge in [0, 0.05) is 29.6 Å². The number of anilines is 1. The third-order valence-electron chi connectivity index (χ3n) is 6.24. The Balaban J connectivity index is 1.24. The van der Waals surface area contributed by atoms with E-state index in [1.807, 2.05) is 24.3 Å². The van der Waals surface area contributed by atoms with Gasteiger partial charge in [-0.15, -0.1) is 11.3 Å². The number of fused-ring (bicyclic) bond motifs is 3. The molecule has 0 saturated heterocycles.